The average Bonchev–Trinajstić information content (AvgIpc) is 2.37. The molecule has 0 aliphatic heterocycles. The molecule has 1 aromatic carbocycles. The Labute approximate surface area is 118 Å². The number of nitriles is 1. The predicted molar refractivity (Wildman–Crippen MR) is 72.5 cm³/mol. The van der Waals surface area contributed by atoms with Crippen molar-refractivity contribution in [2.45, 2.75) is 37.6 Å². The Hall–Kier alpha value is -1.91. The van der Waals surface area contributed by atoms with E-state index in [4.69, 9.17) is 10.4 Å². The summed E-state index contributed by atoms with van der Waals surface area (Å²) in [5, 5.41) is 17.6. The molecule has 0 spiro atoms. The lowest BCUT2D eigenvalue weighted by molar-refractivity contribution is -0.137. The zero-order valence-corrected chi connectivity index (χ0v) is 12.1. The number of hydrogen-bond acceptors (Lipinski definition) is 4. The number of rotatable bonds is 6. The number of sulfonamides is 1. The number of nitrogens with one attached hydrogen (secondary N) is 1. The number of carboxylic acid groups (broad SMARTS) is 1. The van der Waals surface area contributed by atoms with Crippen LogP contribution in [0.1, 0.15) is 30.9 Å². The molecule has 1 unspecified atom stereocenters. The minimum absolute atomic E-state index is 0.000360. The molecule has 108 valence electrons. The summed E-state index contributed by atoms with van der Waals surface area (Å²) in [5.41, 5.74) is 0.740. The van der Waals surface area contributed by atoms with Crippen LogP contribution in [-0.4, -0.2) is 25.5 Å². The largest absolute Gasteiger partial charge is 0.481 e. The zero-order valence-electron chi connectivity index (χ0n) is 11.3. The summed E-state index contributed by atoms with van der Waals surface area (Å²) in [6.07, 6.45) is 0.0786. The van der Waals surface area contributed by atoms with Crippen molar-refractivity contribution in [3.05, 3.63) is 29.3 Å². The third-order valence-electron chi connectivity index (χ3n) is 2.84. The molecule has 1 rings (SSSR count). The van der Waals surface area contributed by atoms with Crippen molar-refractivity contribution < 1.29 is 18.3 Å². The molecule has 1 aromatic rings. The average molecular weight is 296 g/mol. The number of carbonyl (C=O) groups is 1. The smallest absolute Gasteiger partial charge is 0.304 e. The van der Waals surface area contributed by atoms with Gasteiger partial charge in [0.25, 0.3) is 0 Å². The zero-order chi connectivity index (χ0) is 15.3. The molecule has 0 aromatic heterocycles. The maximum Gasteiger partial charge on any atom is 0.304 e. The van der Waals surface area contributed by atoms with E-state index in [0.717, 1.165) is 0 Å². The van der Waals surface area contributed by atoms with E-state index in [1.807, 2.05) is 6.07 Å². The van der Waals surface area contributed by atoms with E-state index in [9.17, 15) is 13.2 Å². The van der Waals surface area contributed by atoms with Crippen LogP contribution in [0.25, 0.3) is 0 Å². The minimum Gasteiger partial charge on any atom is -0.481 e. The SMILES string of the molecule is CCC(CC(=O)O)NS(=O)(=O)c1cc(C#N)ccc1C. The predicted octanol–water partition coefficient (Wildman–Crippen LogP) is 1.40. The molecule has 0 bridgehead atoms. The van der Waals surface area contributed by atoms with E-state index in [2.05, 4.69) is 4.72 Å². The molecule has 0 saturated carbocycles. The van der Waals surface area contributed by atoms with Gasteiger partial charge in [0.05, 0.1) is 22.9 Å². The molecule has 0 radical (unpaired) electrons. The van der Waals surface area contributed by atoms with Gasteiger partial charge >= 0.3 is 5.97 Å². The number of carboxylic acids is 1. The van der Waals surface area contributed by atoms with Crippen LogP contribution in [0.3, 0.4) is 0 Å². The molecule has 0 aliphatic rings. The number of aryl methyl sites for hydroxylation is 1. The van der Waals surface area contributed by atoms with Crippen LogP contribution in [0.5, 0.6) is 0 Å². The summed E-state index contributed by atoms with van der Waals surface area (Å²) >= 11 is 0. The third-order valence-corrected chi connectivity index (χ3v) is 4.50. The summed E-state index contributed by atoms with van der Waals surface area (Å²) in [6, 6.07) is 5.56. The van der Waals surface area contributed by atoms with Crippen LogP contribution in [0, 0.1) is 18.3 Å². The van der Waals surface area contributed by atoms with Crippen molar-refractivity contribution in [2.24, 2.45) is 0 Å². The van der Waals surface area contributed by atoms with Gasteiger partial charge in [0.2, 0.25) is 10.0 Å². The van der Waals surface area contributed by atoms with Crippen molar-refractivity contribution in [2.75, 3.05) is 0 Å². The standard InChI is InChI=1S/C13H16N2O4S/c1-3-11(7-13(16)17)15-20(18,19)12-6-10(8-14)5-4-9(12)2/h4-6,11,15H,3,7H2,1-2H3,(H,16,17). The molecule has 6 nitrogen and oxygen atoms in total. The monoisotopic (exact) mass is 296 g/mol. The summed E-state index contributed by atoms with van der Waals surface area (Å²) < 4.78 is 26.9. The lowest BCUT2D eigenvalue weighted by Gasteiger charge is -2.16. The van der Waals surface area contributed by atoms with Gasteiger partial charge < -0.3 is 5.11 Å². The molecule has 20 heavy (non-hydrogen) atoms. The lowest BCUT2D eigenvalue weighted by atomic mass is 10.2. The molecule has 0 aliphatic carbocycles. The highest BCUT2D eigenvalue weighted by Crippen LogP contribution is 2.17. The summed E-state index contributed by atoms with van der Waals surface area (Å²) in [7, 11) is -3.84. The van der Waals surface area contributed by atoms with Crippen LogP contribution in [0.2, 0.25) is 0 Å². The quantitative estimate of drug-likeness (QED) is 0.825. The van der Waals surface area contributed by atoms with Gasteiger partial charge in [-0.25, -0.2) is 13.1 Å². The van der Waals surface area contributed by atoms with Gasteiger partial charge in [-0.1, -0.05) is 13.0 Å². The number of benzene rings is 1. The third kappa shape index (κ3) is 4.05. The normalized spacial score (nSPS) is 12.7. The molecule has 0 amide bonds. The number of aliphatic carboxylic acids is 1. The van der Waals surface area contributed by atoms with Gasteiger partial charge in [0.15, 0.2) is 0 Å². The number of nitrogens with zero attached hydrogens (tertiary/aromatic N) is 1. The fourth-order valence-corrected chi connectivity index (χ4v) is 3.31. The van der Waals surface area contributed by atoms with Crippen LogP contribution in [0.4, 0.5) is 0 Å². The molecular formula is C13H16N2O4S. The van der Waals surface area contributed by atoms with Crippen molar-refractivity contribution in [3.8, 4) is 6.07 Å². The van der Waals surface area contributed by atoms with Crippen LogP contribution < -0.4 is 4.72 Å². The fraction of sp³-hybridized carbons (Fsp3) is 0.385. The first kappa shape index (κ1) is 16.1. The van der Waals surface area contributed by atoms with Crippen LogP contribution >= 0.6 is 0 Å². The first-order valence-electron chi connectivity index (χ1n) is 6.05. The van der Waals surface area contributed by atoms with Gasteiger partial charge in [-0.05, 0) is 31.0 Å². The van der Waals surface area contributed by atoms with Crippen LogP contribution in [0.15, 0.2) is 23.1 Å². The van der Waals surface area contributed by atoms with E-state index < -0.39 is 22.0 Å². The molecule has 0 heterocycles. The first-order chi connectivity index (χ1) is 9.30. The topological polar surface area (TPSA) is 107 Å². The molecule has 1 atom stereocenters. The second-order valence-corrected chi connectivity index (χ2v) is 6.10. The molecular weight excluding hydrogens is 280 g/mol. The van der Waals surface area contributed by atoms with Crippen LogP contribution in [-0.2, 0) is 14.8 Å². The Kier molecular flexibility index (Phi) is 5.25. The Bertz CT molecular complexity index is 647. The molecule has 2 N–H and O–H groups in total. The Balaban J connectivity index is 3.10. The highest BCUT2D eigenvalue weighted by atomic mass is 32.2. The summed E-state index contributed by atoms with van der Waals surface area (Å²) in [5.74, 6) is -1.07. The Morgan fingerprint density at radius 2 is 2.15 bits per heavy atom. The maximum atomic E-state index is 12.3. The van der Waals surface area contributed by atoms with Gasteiger partial charge in [-0.2, -0.15) is 5.26 Å². The molecule has 0 saturated heterocycles. The minimum atomic E-state index is -3.84. The van der Waals surface area contributed by atoms with E-state index >= 15 is 0 Å². The van der Waals surface area contributed by atoms with Crippen molar-refractivity contribution in [3.63, 3.8) is 0 Å². The van der Waals surface area contributed by atoms with Crippen molar-refractivity contribution in [1.82, 2.24) is 4.72 Å². The van der Waals surface area contributed by atoms with E-state index in [1.165, 1.54) is 12.1 Å². The van der Waals surface area contributed by atoms with Gasteiger partial charge in [-0.15, -0.1) is 0 Å². The number of hydrogen-bond donors (Lipinski definition) is 2. The highest BCUT2D eigenvalue weighted by molar-refractivity contribution is 7.89. The maximum absolute atomic E-state index is 12.3. The van der Waals surface area contributed by atoms with E-state index in [0.29, 0.717) is 12.0 Å². The van der Waals surface area contributed by atoms with Gasteiger partial charge in [0, 0.05) is 6.04 Å². The Morgan fingerprint density at radius 3 is 2.65 bits per heavy atom. The summed E-state index contributed by atoms with van der Waals surface area (Å²) in [6.45, 7) is 3.32. The highest BCUT2D eigenvalue weighted by Gasteiger charge is 2.22. The van der Waals surface area contributed by atoms with Gasteiger partial charge in [-0.3, -0.25) is 4.79 Å². The second kappa shape index (κ2) is 6.50. The fourth-order valence-electron chi connectivity index (χ4n) is 1.72. The molecule has 0 fully saturated rings. The van der Waals surface area contributed by atoms with Gasteiger partial charge in [0.1, 0.15) is 0 Å². The molecule has 7 heteroatoms. The second-order valence-electron chi connectivity index (χ2n) is 4.42. The first-order valence-corrected chi connectivity index (χ1v) is 7.53. The van der Waals surface area contributed by atoms with Crippen molar-refractivity contribution >= 4 is 16.0 Å². The van der Waals surface area contributed by atoms with E-state index in [-0.39, 0.29) is 16.9 Å². The van der Waals surface area contributed by atoms with Crippen molar-refractivity contribution in [1.29, 1.82) is 5.26 Å². The summed E-state index contributed by atoms with van der Waals surface area (Å²) in [4.78, 5) is 10.7. The lowest BCUT2D eigenvalue weighted by Crippen LogP contribution is -2.36. The van der Waals surface area contributed by atoms with E-state index in [1.54, 1.807) is 19.9 Å². The Morgan fingerprint density at radius 1 is 1.50 bits per heavy atom.